The van der Waals surface area contributed by atoms with Crippen LogP contribution in [-0.2, 0) is 16.1 Å². The van der Waals surface area contributed by atoms with Gasteiger partial charge in [0, 0.05) is 36.9 Å². The van der Waals surface area contributed by atoms with E-state index in [1.165, 1.54) is 0 Å². The third-order valence-corrected chi connectivity index (χ3v) is 5.01. The average molecular weight is 397 g/mol. The van der Waals surface area contributed by atoms with Crippen LogP contribution in [0.15, 0.2) is 48.5 Å². The molecule has 1 heterocycles. The van der Waals surface area contributed by atoms with E-state index in [0.29, 0.717) is 30.9 Å². The van der Waals surface area contributed by atoms with E-state index in [0.717, 1.165) is 11.3 Å². The zero-order valence-corrected chi connectivity index (χ0v) is 15.8. The van der Waals surface area contributed by atoms with E-state index in [9.17, 15) is 14.4 Å². The molecule has 152 valence electrons. The highest BCUT2D eigenvalue weighted by Crippen LogP contribution is 2.29. The SMILES string of the molecule is NCc1ccc(N2CCN(c3ccc(C(CC(=O)O)CC(=O)O)cc3)C2=O)cc1. The molecule has 2 aromatic carbocycles. The molecule has 0 unspecified atom stereocenters. The number of benzene rings is 2. The third-order valence-electron chi connectivity index (χ3n) is 5.01. The third kappa shape index (κ3) is 4.72. The highest BCUT2D eigenvalue weighted by Gasteiger charge is 2.30. The molecule has 0 saturated carbocycles. The molecule has 2 aromatic rings. The predicted octanol–water partition coefficient (Wildman–Crippen LogP) is 2.62. The van der Waals surface area contributed by atoms with Gasteiger partial charge in [-0.3, -0.25) is 19.4 Å². The van der Waals surface area contributed by atoms with Crippen molar-refractivity contribution in [3.63, 3.8) is 0 Å². The Kier molecular flexibility index (Phi) is 6.13. The van der Waals surface area contributed by atoms with E-state index in [-0.39, 0.29) is 18.9 Å². The molecule has 29 heavy (non-hydrogen) atoms. The minimum Gasteiger partial charge on any atom is -0.481 e. The van der Waals surface area contributed by atoms with Crippen molar-refractivity contribution >= 4 is 29.3 Å². The van der Waals surface area contributed by atoms with Crippen LogP contribution in [0, 0.1) is 0 Å². The largest absolute Gasteiger partial charge is 0.481 e. The van der Waals surface area contributed by atoms with Gasteiger partial charge >= 0.3 is 18.0 Å². The number of hydrogen-bond donors (Lipinski definition) is 3. The smallest absolute Gasteiger partial charge is 0.329 e. The molecule has 0 aliphatic carbocycles. The van der Waals surface area contributed by atoms with Gasteiger partial charge in [-0.1, -0.05) is 24.3 Å². The minimum absolute atomic E-state index is 0.147. The van der Waals surface area contributed by atoms with Crippen molar-refractivity contribution in [1.82, 2.24) is 0 Å². The molecule has 1 aliphatic rings. The van der Waals surface area contributed by atoms with Gasteiger partial charge < -0.3 is 15.9 Å². The van der Waals surface area contributed by atoms with Crippen LogP contribution >= 0.6 is 0 Å². The first kappa shape index (κ1) is 20.3. The predicted molar refractivity (Wildman–Crippen MR) is 108 cm³/mol. The Morgan fingerprint density at radius 3 is 1.72 bits per heavy atom. The number of carbonyl (C=O) groups is 3. The number of nitrogens with zero attached hydrogens (tertiary/aromatic N) is 2. The van der Waals surface area contributed by atoms with E-state index in [1.54, 1.807) is 34.1 Å². The fourth-order valence-corrected chi connectivity index (χ4v) is 3.48. The lowest BCUT2D eigenvalue weighted by atomic mass is 9.92. The molecule has 8 heteroatoms. The summed E-state index contributed by atoms with van der Waals surface area (Å²) >= 11 is 0. The van der Waals surface area contributed by atoms with E-state index in [2.05, 4.69) is 0 Å². The van der Waals surface area contributed by atoms with Gasteiger partial charge in [-0.2, -0.15) is 0 Å². The van der Waals surface area contributed by atoms with Crippen LogP contribution in [0.3, 0.4) is 0 Å². The number of carboxylic acid groups (broad SMARTS) is 2. The van der Waals surface area contributed by atoms with Gasteiger partial charge in [0.05, 0.1) is 12.8 Å². The van der Waals surface area contributed by atoms with Crippen LogP contribution in [-0.4, -0.2) is 41.3 Å². The standard InChI is InChI=1S/C21H23N3O5/c22-13-14-1-5-17(6-2-14)23-9-10-24(21(23)29)18-7-3-15(4-8-18)16(11-19(25)26)12-20(27)28/h1-8,16H,9-13,22H2,(H,25,26)(H,27,28). The monoisotopic (exact) mass is 397 g/mol. The van der Waals surface area contributed by atoms with Gasteiger partial charge in [0.1, 0.15) is 0 Å². The Hall–Kier alpha value is -3.39. The van der Waals surface area contributed by atoms with Crippen molar-refractivity contribution in [3.8, 4) is 0 Å². The number of carboxylic acids is 2. The summed E-state index contributed by atoms with van der Waals surface area (Å²) in [5.74, 6) is -2.72. The molecule has 0 bridgehead atoms. The van der Waals surface area contributed by atoms with Gasteiger partial charge in [-0.15, -0.1) is 0 Å². The normalized spacial score (nSPS) is 13.9. The summed E-state index contributed by atoms with van der Waals surface area (Å²) in [6.45, 7) is 1.51. The lowest BCUT2D eigenvalue weighted by Crippen LogP contribution is -2.31. The zero-order chi connectivity index (χ0) is 21.0. The van der Waals surface area contributed by atoms with Gasteiger partial charge in [-0.25, -0.2) is 4.79 Å². The van der Waals surface area contributed by atoms with Crippen LogP contribution < -0.4 is 15.5 Å². The van der Waals surface area contributed by atoms with Crippen LogP contribution in [0.5, 0.6) is 0 Å². The molecule has 2 amide bonds. The van der Waals surface area contributed by atoms with Crippen molar-refractivity contribution in [2.45, 2.75) is 25.3 Å². The van der Waals surface area contributed by atoms with Gasteiger partial charge in [0.25, 0.3) is 0 Å². The second kappa shape index (κ2) is 8.74. The highest BCUT2D eigenvalue weighted by atomic mass is 16.4. The van der Waals surface area contributed by atoms with Gasteiger partial charge in [0.15, 0.2) is 0 Å². The van der Waals surface area contributed by atoms with E-state index < -0.39 is 17.9 Å². The fraction of sp³-hybridized carbons (Fsp3) is 0.286. The molecule has 0 atom stereocenters. The maximum Gasteiger partial charge on any atom is 0.329 e. The summed E-state index contributed by atoms with van der Waals surface area (Å²) in [6, 6.07) is 14.2. The Balaban J connectivity index is 1.74. The lowest BCUT2D eigenvalue weighted by Gasteiger charge is -2.20. The molecule has 3 rings (SSSR count). The molecule has 1 aliphatic heterocycles. The summed E-state index contributed by atoms with van der Waals surface area (Å²) < 4.78 is 0. The summed E-state index contributed by atoms with van der Waals surface area (Å²) in [5, 5.41) is 18.1. The average Bonchev–Trinajstić information content (AvgIpc) is 3.08. The quantitative estimate of drug-likeness (QED) is 0.629. The molecule has 4 N–H and O–H groups in total. The molecular formula is C21H23N3O5. The van der Waals surface area contributed by atoms with Crippen LogP contribution in [0.4, 0.5) is 16.2 Å². The number of aliphatic carboxylic acids is 2. The number of anilines is 2. The number of rotatable bonds is 8. The number of nitrogens with two attached hydrogens (primary N) is 1. The highest BCUT2D eigenvalue weighted by molar-refractivity contribution is 6.06. The van der Waals surface area contributed by atoms with E-state index >= 15 is 0 Å². The molecule has 0 radical (unpaired) electrons. The first-order valence-electron chi connectivity index (χ1n) is 9.30. The Morgan fingerprint density at radius 2 is 1.31 bits per heavy atom. The number of carbonyl (C=O) groups excluding carboxylic acids is 1. The van der Waals surface area contributed by atoms with Crippen molar-refractivity contribution in [2.75, 3.05) is 22.9 Å². The van der Waals surface area contributed by atoms with Gasteiger partial charge in [0.2, 0.25) is 0 Å². The number of hydrogen-bond acceptors (Lipinski definition) is 4. The first-order chi connectivity index (χ1) is 13.9. The van der Waals surface area contributed by atoms with Crippen LogP contribution in [0.25, 0.3) is 0 Å². The van der Waals surface area contributed by atoms with Crippen molar-refractivity contribution in [1.29, 1.82) is 0 Å². The Bertz CT molecular complexity index is 880. The number of urea groups is 1. The van der Waals surface area contributed by atoms with Crippen molar-refractivity contribution in [2.24, 2.45) is 5.73 Å². The van der Waals surface area contributed by atoms with Crippen LogP contribution in [0.1, 0.15) is 29.9 Å². The molecular weight excluding hydrogens is 374 g/mol. The summed E-state index contributed by atoms with van der Waals surface area (Å²) in [4.78, 5) is 38.2. The second-order valence-electron chi connectivity index (χ2n) is 6.94. The summed E-state index contributed by atoms with van der Waals surface area (Å²) in [7, 11) is 0. The molecule has 1 fully saturated rings. The topological polar surface area (TPSA) is 124 Å². The fourth-order valence-electron chi connectivity index (χ4n) is 3.48. The van der Waals surface area contributed by atoms with E-state index in [1.807, 2.05) is 24.3 Å². The zero-order valence-electron chi connectivity index (χ0n) is 15.8. The maximum absolute atomic E-state index is 12.8. The minimum atomic E-state index is -1.05. The first-order valence-corrected chi connectivity index (χ1v) is 9.30. The Morgan fingerprint density at radius 1 is 0.862 bits per heavy atom. The van der Waals surface area contributed by atoms with Crippen molar-refractivity contribution in [3.05, 3.63) is 59.7 Å². The van der Waals surface area contributed by atoms with Gasteiger partial charge in [-0.05, 0) is 35.4 Å². The Labute approximate surface area is 168 Å². The molecule has 0 spiro atoms. The lowest BCUT2D eigenvalue weighted by molar-refractivity contribution is -0.139. The van der Waals surface area contributed by atoms with E-state index in [4.69, 9.17) is 15.9 Å². The molecule has 1 saturated heterocycles. The second-order valence-corrected chi connectivity index (χ2v) is 6.94. The summed E-state index contributed by atoms with van der Waals surface area (Å²) in [6.07, 6.45) is -0.526. The summed E-state index contributed by atoms with van der Waals surface area (Å²) in [5.41, 5.74) is 8.71. The molecule has 0 aromatic heterocycles. The van der Waals surface area contributed by atoms with Crippen molar-refractivity contribution < 1.29 is 24.6 Å². The van der Waals surface area contributed by atoms with Crippen LogP contribution in [0.2, 0.25) is 0 Å². The molecule has 8 nitrogen and oxygen atoms in total. The maximum atomic E-state index is 12.8. The number of amides is 2.